The number of carbonyl (C=O) groups is 1. The summed E-state index contributed by atoms with van der Waals surface area (Å²) < 4.78 is 24.1. The van der Waals surface area contributed by atoms with Crippen LogP contribution in [-0.2, 0) is 9.84 Å². The lowest BCUT2D eigenvalue weighted by molar-refractivity contribution is -0.387. The maximum Gasteiger partial charge on any atom is 0.288 e. The molecule has 1 heterocycles. The van der Waals surface area contributed by atoms with Gasteiger partial charge in [-0.2, -0.15) is 0 Å². The maximum atomic E-state index is 12.3. The van der Waals surface area contributed by atoms with Crippen LogP contribution in [0.1, 0.15) is 10.4 Å². The third-order valence-corrected chi connectivity index (χ3v) is 5.43. The SMILES string of the molecule is CS(=O)(=O)c1ccc(C(=O)Nc2nc3ccccc3s2)cc1[N+](=O)[O-]. The lowest BCUT2D eigenvalue weighted by atomic mass is 10.2. The van der Waals surface area contributed by atoms with Crippen molar-refractivity contribution in [3.63, 3.8) is 0 Å². The topological polar surface area (TPSA) is 119 Å². The van der Waals surface area contributed by atoms with Crippen molar-refractivity contribution in [1.82, 2.24) is 4.98 Å². The largest absolute Gasteiger partial charge is 0.298 e. The van der Waals surface area contributed by atoms with E-state index in [1.807, 2.05) is 18.2 Å². The van der Waals surface area contributed by atoms with Crippen molar-refractivity contribution >= 4 is 48.1 Å². The van der Waals surface area contributed by atoms with Gasteiger partial charge in [-0.1, -0.05) is 23.5 Å². The second kappa shape index (κ2) is 6.22. The van der Waals surface area contributed by atoms with Crippen molar-refractivity contribution in [2.45, 2.75) is 4.90 Å². The molecule has 0 saturated heterocycles. The number of anilines is 1. The first kappa shape index (κ1) is 17.0. The normalized spacial score (nSPS) is 11.4. The Kier molecular flexibility index (Phi) is 4.23. The first-order valence-corrected chi connectivity index (χ1v) is 9.62. The van der Waals surface area contributed by atoms with Gasteiger partial charge in [0.2, 0.25) is 0 Å². The molecule has 0 bridgehead atoms. The van der Waals surface area contributed by atoms with Crippen LogP contribution in [0.4, 0.5) is 10.8 Å². The molecule has 0 radical (unpaired) electrons. The van der Waals surface area contributed by atoms with Gasteiger partial charge in [0.25, 0.3) is 11.6 Å². The molecule has 0 saturated carbocycles. The molecule has 0 spiro atoms. The number of nitrogens with one attached hydrogen (secondary N) is 1. The Balaban J connectivity index is 1.94. The van der Waals surface area contributed by atoms with Crippen molar-refractivity contribution in [2.75, 3.05) is 11.6 Å². The zero-order chi connectivity index (χ0) is 18.2. The van der Waals surface area contributed by atoms with Gasteiger partial charge in [-0.3, -0.25) is 20.2 Å². The summed E-state index contributed by atoms with van der Waals surface area (Å²) in [6, 6.07) is 10.5. The first-order chi connectivity index (χ1) is 11.8. The molecule has 2 aromatic carbocycles. The summed E-state index contributed by atoms with van der Waals surface area (Å²) in [6.07, 6.45) is 0.871. The Morgan fingerprint density at radius 1 is 1.24 bits per heavy atom. The predicted molar refractivity (Wildman–Crippen MR) is 93.8 cm³/mol. The molecule has 8 nitrogen and oxygen atoms in total. The summed E-state index contributed by atoms with van der Waals surface area (Å²) in [7, 11) is -3.78. The molecule has 0 atom stereocenters. The number of para-hydroxylation sites is 1. The van der Waals surface area contributed by atoms with Crippen LogP contribution in [0.25, 0.3) is 10.2 Å². The fourth-order valence-electron chi connectivity index (χ4n) is 2.21. The van der Waals surface area contributed by atoms with E-state index in [2.05, 4.69) is 10.3 Å². The number of nitro groups is 1. The summed E-state index contributed by atoms with van der Waals surface area (Å²) in [6.45, 7) is 0. The van der Waals surface area contributed by atoms with Crippen LogP contribution in [0.3, 0.4) is 0 Å². The van der Waals surface area contributed by atoms with Gasteiger partial charge in [0, 0.05) is 17.9 Å². The highest BCUT2D eigenvalue weighted by Gasteiger charge is 2.24. The molecule has 25 heavy (non-hydrogen) atoms. The van der Waals surface area contributed by atoms with Gasteiger partial charge in [0.15, 0.2) is 15.0 Å². The maximum absolute atomic E-state index is 12.3. The van der Waals surface area contributed by atoms with E-state index in [1.165, 1.54) is 17.4 Å². The van der Waals surface area contributed by atoms with E-state index in [9.17, 15) is 23.3 Å². The van der Waals surface area contributed by atoms with Gasteiger partial charge in [-0.05, 0) is 24.3 Å². The fraction of sp³-hybridized carbons (Fsp3) is 0.0667. The predicted octanol–water partition coefficient (Wildman–Crippen LogP) is 2.86. The number of hydrogen-bond donors (Lipinski definition) is 1. The summed E-state index contributed by atoms with van der Waals surface area (Å²) in [5, 5.41) is 14.0. The fourth-order valence-corrected chi connectivity index (χ4v) is 3.90. The van der Waals surface area contributed by atoms with E-state index in [0.29, 0.717) is 5.13 Å². The highest BCUT2D eigenvalue weighted by molar-refractivity contribution is 7.90. The second-order valence-corrected chi connectivity index (χ2v) is 8.17. The van der Waals surface area contributed by atoms with Gasteiger partial charge in [0.05, 0.1) is 15.1 Å². The number of aromatic nitrogens is 1. The number of benzene rings is 2. The summed E-state index contributed by atoms with van der Waals surface area (Å²) >= 11 is 1.27. The van der Waals surface area contributed by atoms with Crippen molar-refractivity contribution in [1.29, 1.82) is 0 Å². The molecule has 3 aromatic rings. The van der Waals surface area contributed by atoms with Crippen LogP contribution < -0.4 is 5.32 Å². The minimum Gasteiger partial charge on any atom is -0.298 e. The standard InChI is InChI=1S/C15H11N3O5S2/c1-25(22,23)13-7-6-9(8-11(13)18(20)21)14(19)17-15-16-10-4-2-3-5-12(10)24-15/h2-8H,1H3,(H,16,17,19). The average molecular weight is 377 g/mol. The Hall–Kier alpha value is -2.85. The Labute approximate surface area is 146 Å². The van der Waals surface area contributed by atoms with Crippen LogP contribution in [0.5, 0.6) is 0 Å². The number of amides is 1. The summed E-state index contributed by atoms with van der Waals surface area (Å²) in [4.78, 5) is 26.4. The quantitative estimate of drug-likeness (QED) is 0.551. The van der Waals surface area contributed by atoms with Crippen LogP contribution in [0.2, 0.25) is 0 Å². The van der Waals surface area contributed by atoms with E-state index in [1.54, 1.807) is 6.07 Å². The summed E-state index contributed by atoms with van der Waals surface area (Å²) in [5.41, 5.74) is 0.0546. The van der Waals surface area contributed by atoms with Crippen molar-refractivity contribution in [2.24, 2.45) is 0 Å². The lowest BCUT2D eigenvalue weighted by Gasteiger charge is -2.04. The molecule has 0 aliphatic carbocycles. The van der Waals surface area contributed by atoms with Crippen LogP contribution in [-0.4, -0.2) is 30.5 Å². The zero-order valence-corrected chi connectivity index (χ0v) is 14.4. The van der Waals surface area contributed by atoms with Gasteiger partial charge < -0.3 is 0 Å². The van der Waals surface area contributed by atoms with E-state index in [-0.39, 0.29) is 5.56 Å². The molecule has 1 amide bonds. The summed E-state index contributed by atoms with van der Waals surface area (Å²) in [5.74, 6) is -0.609. The van der Waals surface area contributed by atoms with Gasteiger partial charge >= 0.3 is 0 Å². The number of thiazole rings is 1. The lowest BCUT2D eigenvalue weighted by Crippen LogP contribution is -2.13. The molecule has 0 aliphatic rings. The Morgan fingerprint density at radius 2 is 1.96 bits per heavy atom. The molecule has 128 valence electrons. The number of nitro benzene ring substituents is 1. The molecular weight excluding hydrogens is 366 g/mol. The van der Waals surface area contributed by atoms with Crippen molar-refractivity contribution < 1.29 is 18.1 Å². The van der Waals surface area contributed by atoms with Gasteiger partial charge in [-0.25, -0.2) is 13.4 Å². The molecule has 1 aromatic heterocycles. The number of fused-ring (bicyclic) bond motifs is 1. The van der Waals surface area contributed by atoms with Crippen molar-refractivity contribution in [3.8, 4) is 0 Å². The molecule has 10 heteroatoms. The molecule has 1 N–H and O–H groups in total. The average Bonchev–Trinajstić information content (AvgIpc) is 2.95. The number of nitrogens with zero attached hydrogens (tertiary/aromatic N) is 2. The number of hydrogen-bond acceptors (Lipinski definition) is 7. The minimum absolute atomic E-state index is 0.0293. The van der Waals surface area contributed by atoms with Gasteiger partial charge in [-0.15, -0.1) is 0 Å². The van der Waals surface area contributed by atoms with E-state index < -0.39 is 31.3 Å². The number of rotatable bonds is 4. The Bertz CT molecular complexity index is 1070. The number of carbonyl (C=O) groups excluding carboxylic acids is 1. The van der Waals surface area contributed by atoms with Crippen LogP contribution >= 0.6 is 11.3 Å². The Morgan fingerprint density at radius 3 is 2.60 bits per heavy atom. The van der Waals surface area contributed by atoms with Crippen LogP contribution in [0, 0.1) is 10.1 Å². The van der Waals surface area contributed by atoms with Gasteiger partial charge in [0.1, 0.15) is 4.90 Å². The minimum atomic E-state index is -3.78. The monoisotopic (exact) mass is 377 g/mol. The second-order valence-electron chi connectivity index (χ2n) is 5.15. The third kappa shape index (κ3) is 3.49. The van der Waals surface area contributed by atoms with Crippen LogP contribution in [0.15, 0.2) is 47.4 Å². The first-order valence-electron chi connectivity index (χ1n) is 6.91. The van der Waals surface area contributed by atoms with E-state index in [0.717, 1.165) is 28.6 Å². The van der Waals surface area contributed by atoms with E-state index in [4.69, 9.17) is 0 Å². The molecule has 3 rings (SSSR count). The highest BCUT2D eigenvalue weighted by Crippen LogP contribution is 2.28. The number of sulfone groups is 1. The van der Waals surface area contributed by atoms with Crippen molar-refractivity contribution in [3.05, 3.63) is 58.1 Å². The van der Waals surface area contributed by atoms with E-state index >= 15 is 0 Å². The molecule has 0 aliphatic heterocycles. The smallest absolute Gasteiger partial charge is 0.288 e. The zero-order valence-electron chi connectivity index (χ0n) is 12.8. The highest BCUT2D eigenvalue weighted by atomic mass is 32.2. The molecular formula is C15H11N3O5S2. The molecule has 0 unspecified atom stereocenters. The molecule has 0 fully saturated rings. The third-order valence-electron chi connectivity index (χ3n) is 3.33.